The summed E-state index contributed by atoms with van der Waals surface area (Å²) in [6.07, 6.45) is -0.813. The Labute approximate surface area is 169 Å². The number of benzene rings is 1. The first-order valence-corrected chi connectivity index (χ1v) is 9.19. The largest absolute Gasteiger partial charge is 0.384 e. The van der Waals surface area contributed by atoms with Crippen molar-refractivity contribution in [3.8, 4) is 0 Å². The molecule has 1 saturated heterocycles. The van der Waals surface area contributed by atoms with Crippen LogP contribution in [0, 0.1) is 11.2 Å². The smallest absolute Gasteiger partial charge is 0.318 e. The lowest BCUT2D eigenvalue weighted by Crippen LogP contribution is -2.56. The molecule has 3 amide bonds. The Bertz CT molecular complexity index is 897. The number of nitrogens with one attached hydrogen (secondary N) is 3. The number of primary amides is 1. The number of nitrogens with two attached hydrogens (primary N) is 1. The van der Waals surface area contributed by atoms with Gasteiger partial charge in [0, 0.05) is 43.2 Å². The number of piperazine rings is 1. The number of hydrogen-bond donors (Lipinski definition) is 4. The Kier molecular flexibility index (Phi) is 5.74. The van der Waals surface area contributed by atoms with E-state index in [1.54, 1.807) is 0 Å². The molecule has 0 atom stereocenters. The number of halogens is 4. The lowest BCUT2D eigenvalue weighted by atomic mass is 9.88. The molecule has 1 aliphatic heterocycles. The summed E-state index contributed by atoms with van der Waals surface area (Å²) in [7, 11) is 0. The van der Waals surface area contributed by atoms with Gasteiger partial charge in [-0.05, 0) is 18.2 Å². The second-order valence-electron chi connectivity index (χ2n) is 6.98. The van der Waals surface area contributed by atoms with Crippen LogP contribution in [0.15, 0.2) is 29.5 Å². The summed E-state index contributed by atoms with van der Waals surface area (Å²) in [4.78, 5) is 25.7. The Morgan fingerprint density at radius 2 is 2.03 bits per heavy atom. The van der Waals surface area contributed by atoms with Gasteiger partial charge < -0.3 is 21.3 Å². The fourth-order valence-corrected chi connectivity index (χ4v) is 3.44. The molecule has 1 saturated carbocycles. The molecule has 1 aromatic carbocycles. The van der Waals surface area contributed by atoms with E-state index < -0.39 is 42.6 Å². The summed E-state index contributed by atoms with van der Waals surface area (Å²) in [5.41, 5.74) is 5.43. The molecule has 5 N–H and O–H groups in total. The van der Waals surface area contributed by atoms with Crippen LogP contribution in [0.2, 0.25) is 5.02 Å². The Balaban J connectivity index is 1.78. The van der Waals surface area contributed by atoms with Crippen LogP contribution in [0.4, 0.5) is 18.0 Å². The van der Waals surface area contributed by atoms with Gasteiger partial charge >= 0.3 is 6.03 Å². The van der Waals surface area contributed by atoms with Crippen molar-refractivity contribution >= 4 is 29.3 Å². The molecule has 0 unspecified atom stereocenters. The average molecular weight is 430 g/mol. The van der Waals surface area contributed by atoms with Gasteiger partial charge in [0.15, 0.2) is 0 Å². The summed E-state index contributed by atoms with van der Waals surface area (Å²) < 4.78 is 39.3. The molecule has 3 rings (SSSR count). The first-order valence-electron chi connectivity index (χ1n) is 8.82. The number of amides is 3. The predicted molar refractivity (Wildman–Crippen MR) is 101 cm³/mol. The van der Waals surface area contributed by atoms with E-state index in [4.69, 9.17) is 22.7 Å². The molecule has 11 heteroatoms. The minimum Gasteiger partial charge on any atom is -0.384 e. The summed E-state index contributed by atoms with van der Waals surface area (Å²) >= 11 is 5.75. The van der Waals surface area contributed by atoms with Crippen LogP contribution in [0.25, 0.3) is 0 Å². The van der Waals surface area contributed by atoms with Crippen LogP contribution in [-0.4, -0.2) is 54.1 Å². The van der Waals surface area contributed by atoms with Gasteiger partial charge in [-0.1, -0.05) is 11.6 Å². The van der Waals surface area contributed by atoms with Crippen LogP contribution in [0.1, 0.15) is 18.4 Å². The molecular weight excluding hydrogens is 411 g/mol. The summed E-state index contributed by atoms with van der Waals surface area (Å²) in [5, 5.41) is 13.6. The SMILES string of the molecule is N=C(/C(C(N)=O)=C1/CN(C(=O)NC2CC(F)(F)C2)CCN1)c1ccc(F)c(Cl)c1. The van der Waals surface area contributed by atoms with E-state index in [1.807, 2.05) is 0 Å². The number of hydrogen-bond acceptors (Lipinski definition) is 4. The predicted octanol–water partition coefficient (Wildman–Crippen LogP) is 2.00. The normalized spacial score (nSPS) is 20.3. The minimum atomic E-state index is -2.75. The van der Waals surface area contributed by atoms with E-state index in [-0.39, 0.29) is 47.2 Å². The van der Waals surface area contributed by atoms with Crippen molar-refractivity contribution in [2.24, 2.45) is 5.73 Å². The van der Waals surface area contributed by atoms with E-state index in [0.29, 0.717) is 0 Å². The maximum atomic E-state index is 13.4. The third-order valence-electron chi connectivity index (χ3n) is 4.78. The minimum absolute atomic E-state index is 0.0650. The van der Waals surface area contributed by atoms with E-state index in [2.05, 4.69) is 10.6 Å². The molecule has 1 heterocycles. The highest BCUT2D eigenvalue weighted by atomic mass is 35.5. The van der Waals surface area contributed by atoms with Crippen LogP contribution in [0.3, 0.4) is 0 Å². The van der Waals surface area contributed by atoms with E-state index in [1.165, 1.54) is 17.0 Å². The number of carbonyl (C=O) groups is 2. The van der Waals surface area contributed by atoms with Gasteiger partial charge in [-0.3, -0.25) is 10.2 Å². The van der Waals surface area contributed by atoms with Crippen LogP contribution in [-0.2, 0) is 4.79 Å². The third-order valence-corrected chi connectivity index (χ3v) is 5.07. The molecule has 0 bridgehead atoms. The second kappa shape index (κ2) is 7.94. The van der Waals surface area contributed by atoms with Crippen molar-refractivity contribution in [1.82, 2.24) is 15.5 Å². The molecule has 0 spiro atoms. The Morgan fingerprint density at radius 1 is 1.34 bits per heavy atom. The van der Waals surface area contributed by atoms with Crippen molar-refractivity contribution in [1.29, 1.82) is 5.41 Å². The fraction of sp³-hybridized carbons (Fsp3) is 0.389. The molecule has 2 aliphatic rings. The number of carbonyl (C=O) groups excluding carboxylic acids is 2. The number of rotatable bonds is 4. The monoisotopic (exact) mass is 429 g/mol. The van der Waals surface area contributed by atoms with E-state index in [0.717, 1.165) is 6.07 Å². The standard InChI is InChI=1S/C18H19ClF3N5O2/c19-11-5-9(1-2-12(11)20)15(23)14(16(24)28)13-8-27(4-3-25-13)17(29)26-10-6-18(21,22)7-10/h1-2,5,10,23,25H,3-4,6-8H2,(H2,24,28)(H,26,29)/b14-13+,23-15?. The van der Waals surface area contributed by atoms with Crippen LogP contribution in [0.5, 0.6) is 0 Å². The van der Waals surface area contributed by atoms with Crippen LogP contribution >= 0.6 is 11.6 Å². The molecule has 29 heavy (non-hydrogen) atoms. The van der Waals surface area contributed by atoms with E-state index >= 15 is 0 Å². The highest BCUT2D eigenvalue weighted by Gasteiger charge is 2.46. The van der Waals surface area contributed by atoms with Crippen molar-refractivity contribution in [2.45, 2.75) is 24.8 Å². The van der Waals surface area contributed by atoms with Crippen LogP contribution < -0.4 is 16.4 Å². The quantitative estimate of drug-likeness (QED) is 0.434. The maximum absolute atomic E-state index is 13.4. The lowest BCUT2D eigenvalue weighted by molar-refractivity contribution is -0.114. The van der Waals surface area contributed by atoms with Crippen molar-refractivity contribution < 1.29 is 22.8 Å². The summed E-state index contributed by atoms with van der Waals surface area (Å²) in [5.74, 6) is -4.33. The van der Waals surface area contributed by atoms with Gasteiger partial charge in [0.2, 0.25) is 0 Å². The molecular formula is C18H19ClF3N5O2. The number of urea groups is 1. The molecule has 0 radical (unpaired) electrons. The van der Waals surface area contributed by atoms with Gasteiger partial charge in [0.25, 0.3) is 11.8 Å². The highest BCUT2D eigenvalue weighted by molar-refractivity contribution is 6.32. The zero-order chi connectivity index (χ0) is 21.3. The highest BCUT2D eigenvalue weighted by Crippen LogP contribution is 2.37. The third kappa shape index (κ3) is 4.64. The molecule has 0 aromatic heterocycles. The molecule has 156 valence electrons. The molecule has 1 aromatic rings. The molecule has 2 fully saturated rings. The zero-order valence-electron chi connectivity index (χ0n) is 15.2. The van der Waals surface area contributed by atoms with Crippen molar-refractivity contribution in [2.75, 3.05) is 19.6 Å². The zero-order valence-corrected chi connectivity index (χ0v) is 16.0. The average Bonchev–Trinajstić information content (AvgIpc) is 2.62. The Morgan fingerprint density at radius 3 is 2.62 bits per heavy atom. The lowest BCUT2D eigenvalue weighted by Gasteiger charge is -2.38. The topological polar surface area (TPSA) is 111 Å². The first-order chi connectivity index (χ1) is 13.6. The number of nitrogens with zero attached hydrogens (tertiary/aromatic N) is 1. The van der Waals surface area contributed by atoms with Crippen molar-refractivity contribution in [3.63, 3.8) is 0 Å². The molecule has 1 aliphatic carbocycles. The van der Waals surface area contributed by atoms with Crippen molar-refractivity contribution in [3.05, 3.63) is 45.9 Å². The van der Waals surface area contributed by atoms with Gasteiger partial charge in [-0.25, -0.2) is 18.0 Å². The maximum Gasteiger partial charge on any atom is 0.318 e. The van der Waals surface area contributed by atoms with E-state index in [9.17, 15) is 22.8 Å². The summed E-state index contributed by atoms with van der Waals surface area (Å²) in [6, 6.07) is 2.42. The fourth-order valence-electron chi connectivity index (χ4n) is 3.26. The number of alkyl halides is 2. The van der Waals surface area contributed by atoms with Gasteiger partial charge in [0.1, 0.15) is 5.82 Å². The summed E-state index contributed by atoms with van der Waals surface area (Å²) in [6.45, 7) is 0.489. The van der Waals surface area contributed by atoms with Gasteiger partial charge in [-0.2, -0.15) is 0 Å². The van der Waals surface area contributed by atoms with Gasteiger partial charge in [-0.15, -0.1) is 0 Å². The second-order valence-corrected chi connectivity index (χ2v) is 7.39. The van der Waals surface area contributed by atoms with Gasteiger partial charge in [0.05, 0.1) is 22.9 Å². The first kappa shape index (κ1) is 21.0. The molecule has 7 nitrogen and oxygen atoms in total. The Hall–Kier alpha value is -2.75.